The smallest absolute Gasteiger partial charge is 0.116 e. The molecule has 3 heteroatoms. The van der Waals surface area contributed by atoms with Crippen LogP contribution < -0.4 is 5.32 Å². The van der Waals surface area contributed by atoms with Gasteiger partial charge in [0.15, 0.2) is 0 Å². The first kappa shape index (κ1) is 8.80. The van der Waals surface area contributed by atoms with Crippen molar-refractivity contribution in [3.05, 3.63) is 36.3 Å². The van der Waals surface area contributed by atoms with Crippen LogP contribution in [0.2, 0.25) is 0 Å². The van der Waals surface area contributed by atoms with Crippen LogP contribution in [0.3, 0.4) is 0 Å². The fourth-order valence-corrected chi connectivity index (χ4v) is 2.24. The van der Waals surface area contributed by atoms with E-state index in [0.717, 1.165) is 18.6 Å². The Morgan fingerprint density at radius 2 is 2.13 bits per heavy atom. The number of para-hydroxylation sites is 1. The summed E-state index contributed by atoms with van der Waals surface area (Å²) in [5.74, 6) is 0.554. The minimum Gasteiger partial charge on any atom is -0.316 e. The highest BCUT2D eigenvalue weighted by Gasteiger charge is 2.19. The van der Waals surface area contributed by atoms with E-state index in [1.54, 1.807) is 6.33 Å². The van der Waals surface area contributed by atoms with Gasteiger partial charge in [0.05, 0.1) is 11.2 Å². The molecule has 1 fully saturated rings. The zero-order chi connectivity index (χ0) is 10.1. The minimum atomic E-state index is 0.554. The van der Waals surface area contributed by atoms with Gasteiger partial charge in [0.2, 0.25) is 0 Å². The van der Waals surface area contributed by atoms with Crippen molar-refractivity contribution in [3.8, 4) is 0 Å². The lowest BCUT2D eigenvalue weighted by atomic mass is 10.0. The first-order valence-corrected chi connectivity index (χ1v) is 5.35. The Kier molecular flexibility index (Phi) is 2.10. The molecule has 0 spiro atoms. The number of aromatic nitrogens is 2. The summed E-state index contributed by atoms with van der Waals surface area (Å²) in [4.78, 5) is 8.72. The highest BCUT2D eigenvalue weighted by Crippen LogP contribution is 2.26. The second kappa shape index (κ2) is 3.59. The Labute approximate surface area is 88.6 Å². The molecule has 1 aliphatic heterocycles. The average molecular weight is 199 g/mol. The predicted octanol–water partition coefficient (Wildman–Crippen LogP) is 1.71. The molecule has 1 N–H and O–H groups in total. The number of benzene rings is 1. The number of fused-ring (bicyclic) bond motifs is 1. The average Bonchev–Trinajstić information content (AvgIpc) is 2.82. The maximum Gasteiger partial charge on any atom is 0.116 e. The van der Waals surface area contributed by atoms with E-state index in [4.69, 9.17) is 0 Å². The van der Waals surface area contributed by atoms with Gasteiger partial charge >= 0.3 is 0 Å². The molecule has 2 heterocycles. The summed E-state index contributed by atoms with van der Waals surface area (Å²) in [6, 6.07) is 8.23. The summed E-state index contributed by atoms with van der Waals surface area (Å²) >= 11 is 0. The van der Waals surface area contributed by atoms with Gasteiger partial charge in [-0.2, -0.15) is 0 Å². The van der Waals surface area contributed by atoms with Crippen molar-refractivity contribution in [1.29, 1.82) is 0 Å². The normalized spacial score (nSPS) is 20.9. The number of nitrogens with zero attached hydrogens (tertiary/aromatic N) is 2. The van der Waals surface area contributed by atoms with Gasteiger partial charge in [0, 0.05) is 17.8 Å². The van der Waals surface area contributed by atoms with E-state index in [0.29, 0.717) is 5.92 Å². The highest BCUT2D eigenvalue weighted by molar-refractivity contribution is 5.81. The molecule has 15 heavy (non-hydrogen) atoms. The third-order valence-corrected chi connectivity index (χ3v) is 3.02. The van der Waals surface area contributed by atoms with E-state index in [1.807, 2.05) is 12.1 Å². The molecule has 0 amide bonds. The molecule has 2 aromatic rings. The van der Waals surface area contributed by atoms with Crippen LogP contribution in [0.5, 0.6) is 0 Å². The lowest BCUT2D eigenvalue weighted by molar-refractivity contribution is 0.740. The van der Waals surface area contributed by atoms with E-state index in [1.165, 1.54) is 17.5 Å². The molecule has 76 valence electrons. The lowest BCUT2D eigenvalue weighted by Gasteiger charge is -2.09. The fraction of sp³-hybridized carbons (Fsp3) is 0.333. The minimum absolute atomic E-state index is 0.554. The van der Waals surface area contributed by atoms with Crippen molar-refractivity contribution in [2.75, 3.05) is 13.1 Å². The molecule has 3 nitrogen and oxygen atoms in total. The van der Waals surface area contributed by atoms with Gasteiger partial charge in [0.25, 0.3) is 0 Å². The second-order valence-electron chi connectivity index (χ2n) is 3.97. The van der Waals surface area contributed by atoms with Gasteiger partial charge in [-0.15, -0.1) is 0 Å². The van der Waals surface area contributed by atoms with Crippen molar-refractivity contribution in [3.63, 3.8) is 0 Å². The third kappa shape index (κ3) is 1.49. The molecular formula is C12H13N3. The molecule has 1 aromatic heterocycles. The summed E-state index contributed by atoms with van der Waals surface area (Å²) in [6.07, 6.45) is 2.86. The quantitative estimate of drug-likeness (QED) is 0.759. The Morgan fingerprint density at radius 1 is 1.20 bits per heavy atom. The highest BCUT2D eigenvalue weighted by atomic mass is 14.9. The molecule has 1 atom stereocenters. The number of hydrogen-bond acceptors (Lipinski definition) is 3. The summed E-state index contributed by atoms with van der Waals surface area (Å²) in [5.41, 5.74) is 2.25. The topological polar surface area (TPSA) is 37.8 Å². The van der Waals surface area contributed by atoms with E-state index in [-0.39, 0.29) is 0 Å². The van der Waals surface area contributed by atoms with Crippen molar-refractivity contribution >= 4 is 10.9 Å². The molecular weight excluding hydrogens is 186 g/mol. The summed E-state index contributed by atoms with van der Waals surface area (Å²) in [6.45, 7) is 2.14. The van der Waals surface area contributed by atoms with Gasteiger partial charge in [-0.3, -0.25) is 0 Å². The first-order chi connectivity index (χ1) is 7.45. The van der Waals surface area contributed by atoms with Crippen LogP contribution in [0, 0.1) is 0 Å². The molecule has 1 unspecified atom stereocenters. The fourth-order valence-electron chi connectivity index (χ4n) is 2.24. The Bertz CT molecular complexity index is 470. The third-order valence-electron chi connectivity index (χ3n) is 3.02. The van der Waals surface area contributed by atoms with E-state index < -0.39 is 0 Å². The zero-order valence-corrected chi connectivity index (χ0v) is 8.48. The summed E-state index contributed by atoms with van der Waals surface area (Å²) in [5, 5.41) is 4.58. The second-order valence-corrected chi connectivity index (χ2v) is 3.97. The van der Waals surface area contributed by atoms with Crippen LogP contribution in [0.15, 0.2) is 30.6 Å². The molecule has 1 aliphatic rings. The van der Waals surface area contributed by atoms with Crippen molar-refractivity contribution in [1.82, 2.24) is 15.3 Å². The summed E-state index contributed by atoms with van der Waals surface area (Å²) in [7, 11) is 0. The zero-order valence-electron chi connectivity index (χ0n) is 8.48. The Balaban J connectivity index is 2.16. The molecule has 3 rings (SSSR count). The molecule has 0 saturated carbocycles. The van der Waals surface area contributed by atoms with Crippen LogP contribution in [-0.4, -0.2) is 23.1 Å². The maximum absolute atomic E-state index is 4.44. The van der Waals surface area contributed by atoms with Crippen LogP contribution in [0.25, 0.3) is 10.9 Å². The largest absolute Gasteiger partial charge is 0.316 e. The number of hydrogen-bond donors (Lipinski definition) is 1. The standard InChI is InChI=1S/C12H13N3/c1-2-4-11-10(3-1)12(15-8-14-11)9-5-6-13-7-9/h1-4,8-9,13H,5-7H2. The van der Waals surface area contributed by atoms with Crippen LogP contribution >= 0.6 is 0 Å². The molecule has 0 aliphatic carbocycles. The van der Waals surface area contributed by atoms with E-state index >= 15 is 0 Å². The van der Waals surface area contributed by atoms with Crippen LogP contribution in [0.4, 0.5) is 0 Å². The van der Waals surface area contributed by atoms with Crippen molar-refractivity contribution in [2.45, 2.75) is 12.3 Å². The maximum atomic E-state index is 4.44. The Morgan fingerprint density at radius 3 is 3.00 bits per heavy atom. The molecule has 1 saturated heterocycles. The van der Waals surface area contributed by atoms with Gasteiger partial charge in [0.1, 0.15) is 6.33 Å². The van der Waals surface area contributed by atoms with Crippen LogP contribution in [0.1, 0.15) is 18.0 Å². The van der Waals surface area contributed by atoms with Crippen molar-refractivity contribution in [2.24, 2.45) is 0 Å². The van der Waals surface area contributed by atoms with Gasteiger partial charge in [-0.05, 0) is 19.0 Å². The van der Waals surface area contributed by atoms with Gasteiger partial charge < -0.3 is 5.32 Å². The first-order valence-electron chi connectivity index (χ1n) is 5.35. The SMILES string of the molecule is c1ccc2c(C3CCNC3)ncnc2c1. The summed E-state index contributed by atoms with van der Waals surface area (Å²) < 4.78 is 0. The van der Waals surface area contributed by atoms with E-state index in [2.05, 4.69) is 27.4 Å². The van der Waals surface area contributed by atoms with Crippen molar-refractivity contribution < 1.29 is 0 Å². The van der Waals surface area contributed by atoms with Crippen LogP contribution in [-0.2, 0) is 0 Å². The number of rotatable bonds is 1. The molecule has 1 aromatic carbocycles. The lowest BCUT2D eigenvalue weighted by Crippen LogP contribution is -2.09. The molecule has 0 radical (unpaired) electrons. The number of nitrogens with one attached hydrogen (secondary N) is 1. The predicted molar refractivity (Wildman–Crippen MR) is 59.8 cm³/mol. The van der Waals surface area contributed by atoms with Gasteiger partial charge in [-0.1, -0.05) is 18.2 Å². The van der Waals surface area contributed by atoms with E-state index in [9.17, 15) is 0 Å². The Hall–Kier alpha value is -1.48. The molecule has 0 bridgehead atoms. The van der Waals surface area contributed by atoms with Gasteiger partial charge in [-0.25, -0.2) is 9.97 Å². The monoisotopic (exact) mass is 199 g/mol.